The van der Waals surface area contributed by atoms with Gasteiger partial charge in [0.25, 0.3) is 0 Å². The molecule has 0 saturated carbocycles. The minimum atomic E-state index is -0.340. The average Bonchev–Trinajstić information content (AvgIpc) is 2.74. The van der Waals surface area contributed by atoms with Crippen LogP contribution in [0, 0.1) is 13.8 Å². The van der Waals surface area contributed by atoms with Gasteiger partial charge in [0, 0.05) is 23.5 Å². The van der Waals surface area contributed by atoms with E-state index in [4.69, 9.17) is 0 Å². The van der Waals surface area contributed by atoms with Crippen molar-refractivity contribution in [2.75, 3.05) is 7.11 Å². The number of aryl methyl sites for hydroxylation is 1. The lowest BCUT2D eigenvalue weighted by Crippen LogP contribution is -2.05. The number of aromatic nitrogens is 1. The zero-order valence-electron chi connectivity index (χ0n) is 11.8. The molecule has 0 aliphatic rings. The molecule has 1 aromatic heterocycles. The summed E-state index contributed by atoms with van der Waals surface area (Å²) >= 11 is 0. The maximum atomic E-state index is 11.4. The molecule has 0 aliphatic carbocycles. The minimum Gasteiger partial charge on any atom is -0.465 e. The molecule has 4 heteroatoms. The second-order valence-electron chi connectivity index (χ2n) is 4.72. The Hall–Kier alpha value is -2.36. The zero-order chi connectivity index (χ0) is 14.7. The highest BCUT2D eigenvalue weighted by molar-refractivity contribution is 5.89. The summed E-state index contributed by atoms with van der Waals surface area (Å²) in [4.78, 5) is 22.3. The zero-order valence-corrected chi connectivity index (χ0v) is 11.8. The van der Waals surface area contributed by atoms with Crippen molar-refractivity contribution in [3.05, 3.63) is 58.4 Å². The van der Waals surface area contributed by atoms with Crippen LogP contribution in [-0.4, -0.2) is 23.9 Å². The van der Waals surface area contributed by atoms with Crippen LogP contribution in [-0.2, 0) is 11.3 Å². The van der Waals surface area contributed by atoms with Gasteiger partial charge in [0.2, 0.25) is 0 Å². The molecule has 20 heavy (non-hydrogen) atoms. The molecule has 0 N–H and O–H groups in total. The number of carbonyl (C=O) groups is 2. The van der Waals surface area contributed by atoms with E-state index in [9.17, 15) is 9.59 Å². The quantitative estimate of drug-likeness (QED) is 0.634. The van der Waals surface area contributed by atoms with E-state index in [0.717, 1.165) is 23.2 Å². The first-order chi connectivity index (χ1) is 9.56. The van der Waals surface area contributed by atoms with Gasteiger partial charge in [-0.05, 0) is 37.6 Å². The van der Waals surface area contributed by atoms with Crippen molar-refractivity contribution < 1.29 is 14.3 Å². The third-order valence-electron chi connectivity index (χ3n) is 3.46. The van der Waals surface area contributed by atoms with Gasteiger partial charge in [0.1, 0.15) is 0 Å². The number of hydrogen-bond acceptors (Lipinski definition) is 3. The van der Waals surface area contributed by atoms with Crippen LogP contribution in [0.2, 0.25) is 0 Å². The first kappa shape index (κ1) is 14.1. The number of aldehydes is 1. The number of rotatable bonds is 4. The molecule has 0 radical (unpaired) electrons. The predicted molar refractivity (Wildman–Crippen MR) is 76.2 cm³/mol. The van der Waals surface area contributed by atoms with Crippen molar-refractivity contribution in [3.63, 3.8) is 0 Å². The molecule has 0 aliphatic heterocycles. The maximum absolute atomic E-state index is 11.4. The van der Waals surface area contributed by atoms with Crippen LogP contribution in [0.5, 0.6) is 0 Å². The van der Waals surface area contributed by atoms with Gasteiger partial charge in [0.15, 0.2) is 6.29 Å². The van der Waals surface area contributed by atoms with Gasteiger partial charge in [-0.1, -0.05) is 12.1 Å². The van der Waals surface area contributed by atoms with Crippen LogP contribution in [0.15, 0.2) is 30.3 Å². The average molecular weight is 271 g/mol. The first-order valence-corrected chi connectivity index (χ1v) is 6.36. The summed E-state index contributed by atoms with van der Waals surface area (Å²) in [7, 11) is 1.36. The number of nitrogens with zero attached hydrogens (tertiary/aromatic N) is 1. The molecule has 1 heterocycles. The van der Waals surface area contributed by atoms with Crippen LogP contribution in [0.25, 0.3) is 0 Å². The largest absolute Gasteiger partial charge is 0.465 e. The van der Waals surface area contributed by atoms with Crippen molar-refractivity contribution >= 4 is 12.3 Å². The van der Waals surface area contributed by atoms with E-state index < -0.39 is 0 Å². The number of hydrogen-bond donors (Lipinski definition) is 0. The standard InChI is InChI=1S/C16H17NO3/c1-11-8-15(10-18)12(2)17(11)9-13-4-6-14(7-5-13)16(19)20-3/h4-8,10H,9H2,1-3H3. The molecule has 4 nitrogen and oxygen atoms in total. The molecule has 2 aromatic rings. The van der Waals surface area contributed by atoms with Gasteiger partial charge in [-0.15, -0.1) is 0 Å². The lowest BCUT2D eigenvalue weighted by Gasteiger charge is -2.10. The predicted octanol–water partition coefficient (Wildman–Crippen LogP) is 2.75. The summed E-state index contributed by atoms with van der Waals surface area (Å²) in [5, 5.41) is 0. The summed E-state index contributed by atoms with van der Waals surface area (Å²) < 4.78 is 6.75. The normalized spacial score (nSPS) is 10.3. The van der Waals surface area contributed by atoms with E-state index in [1.165, 1.54) is 7.11 Å². The van der Waals surface area contributed by atoms with Crippen molar-refractivity contribution in [1.82, 2.24) is 4.57 Å². The number of ether oxygens (including phenoxy) is 1. The van der Waals surface area contributed by atoms with E-state index in [1.54, 1.807) is 12.1 Å². The molecule has 0 unspecified atom stereocenters. The molecule has 104 valence electrons. The highest BCUT2D eigenvalue weighted by Gasteiger charge is 2.09. The van der Waals surface area contributed by atoms with E-state index in [0.29, 0.717) is 17.7 Å². The molecular weight excluding hydrogens is 254 g/mol. The van der Waals surface area contributed by atoms with Gasteiger partial charge in [0.05, 0.1) is 12.7 Å². The summed E-state index contributed by atoms with van der Waals surface area (Å²) in [6, 6.07) is 9.16. The maximum Gasteiger partial charge on any atom is 0.337 e. The number of esters is 1. The highest BCUT2D eigenvalue weighted by Crippen LogP contribution is 2.16. The Balaban J connectivity index is 2.24. The Morgan fingerprint density at radius 1 is 1.25 bits per heavy atom. The number of methoxy groups -OCH3 is 1. The fourth-order valence-electron chi connectivity index (χ4n) is 2.24. The Labute approximate surface area is 118 Å². The third-order valence-corrected chi connectivity index (χ3v) is 3.46. The SMILES string of the molecule is COC(=O)c1ccc(Cn2c(C)cc(C=O)c2C)cc1. The van der Waals surface area contributed by atoms with Crippen LogP contribution >= 0.6 is 0 Å². The minimum absolute atomic E-state index is 0.340. The third kappa shape index (κ3) is 2.64. The molecular formula is C16H17NO3. The van der Waals surface area contributed by atoms with E-state index in [1.807, 2.05) is 32.0 Å². The van der Waals surface area contributed by atoms with Crippen molar-refractivity contribution in [3.8, 4) is 0 Å². The summed E-state index contributed by atoms with van der Waals surface area (Å²) in [5.74, 6) is -0.340. The Bertz CT molecular complexity index is 638. The van der Waals surface area contributed by atoms with E-state index in [2.05, 4.69) is 9.30 Å². The van der Waals surface area contributed by atoms with E-state index >= 15 is 0 Å². The molecule has 0 fully saturated rings. The second kappa shape index (κ2) is 5.74. The van der Waals surface area contributed by atoms with E-state index in [-0.39, 0.29) is 5.97 Å². The summed E-state index contributed by atoms with van der Waals surface area (Å²) in [6.07, 6.45) is 0.874. The molecule has 0 amide bonds. The summed E-state index contributed by atoms with van der Waals surface area (Å²) in [5.41, 5.74) is 4.31. The Morgan fingerprint density at radius 3 is 2.40 bits per heavy atom. The van der Waals surface area contributed by atoms with Crippen LogP contribution < -0.4 is 0 Å². The molecule has 2 rings (SSSR count). The Morgan fingerprint density at radius 2 is 1.90 bits per heavy atom. The summed E-state index contributed by atoms with van der Waals surface area (Å²) in [6.45, 7) is 4.58. The topological polar surface area (TPSA) is 48.3 Å². The fraction of sp³-hybridized carbons (Fsp3) is 0.250. The van der Waals surface area contributed by atoms with Crippen molar-refractivity contribution in [2.24, 2.45) is 0 Å². The lowest BCUT2D eigenvalue weighted by atomic mass is 10.1. The van der Waals surface area contributed by atoms with Crippen LogP contribution in [0.1, 0.15) is 37.7 Å². The van der Waals surface area contributed by atoms with Crippen molar-refractivity contribution in [1.29, 1.82) is 0 Å². The number of carbonyl (C=O) groups excluding carboxylic acids is 2. The van der Waals surface area contributed by atoms with Crippen molar-refractivity contribution in [2.45, 2.75) is 20.4 Å². The molecule has 0 bridgehead atoms. The molecule has 1 aromatic carbocycles. The van der Waals surface area contributed by atoms with Gasteiger partial charge >= 0.3 is 5.97 Å². The monoisotopic (exact) mass is 271 g/mol. The molecule has 0 spiro atoms. The van der Waals surface area contributed by atoms with Gasteiger partial charge in [-0.3, -0.25) is 4.79 Å². The smallest absolute Gasteiger partial charge is 0.337 e. The van der Waals surface area contributed by atoms with Gasteiger partial charge in [-0.2, -0.15) is 0 Å². The fourth-order valence-corrected chi connectivity index (χ4v) is 2.24. The Kier molecular flexibility index (Phi) is 4.03. The van der Waals surface area contributed by atoms with Gasteiger partial charge < -0.3 is 9.30 Å². The lowest BCUT2D eigenvalue weighted by molar-refractivity contribution is 0.0600. The molecule has 0 atom stereocenters. The highest BCUT2D eigenvalue weighted by atomic mass is 16.5. The second-order valence-corrected chi connectivity index (χ2v) is 4.72. The van der Waals surface area contributed by atoms with Crippen LogP contribution in [0.3, 0.4) is 0 Å². The number of benzene rings is 1. The van der Waals surface area contributed by atoms with Gasteiger partial charge in [-0.25, -0.2) is 4.79 Å². The first-order valence-electron chi connectivity index (χ1n) is 6.36. The molecule has 0 saturated heterocycles. The van der Waals surface area contributed by atoms with Crippen LogP contribution in [0.4, 0.5) is 0 Å².